The number of anilines is 2. The molecule has 0 bridgehead atoms. The van der Waals surface area contributed by atoms with Gasteiger partial charge < -0.3 is 15.2 Å². The van der Waals surface area contributed by atoms with Crippen LogP contribution in [0.4, 0.5) is 22.7 Å². The molecule has 2 amide bonds. The molecule has 1 heterocycles. The number of rotatable bonds is 7. The van der Waals surface area contributed by atoms with Gasteiger partial charge in [-0.15, -0.1) is 0 Å². The number of nitrogen functional groups attached to an aromatic ring is 1. The van der Waals surface area contributed by atoms with E-state index in [1.54, 1.807) is 6.07 Å². The summed E-state index contributed by atoms with van der Waals surface area (Å²) in [6.45, 7) is 0.238. The van der Waals surface area contributed by atoms with E-state index in [9.17, 15) is 29.8 Å². The predicted molar refractivity (Wildman–Crippen MR) is 127 cm³/mol. The lowest BCUT2D eigenvalue weighted by Gasteiger charge is -2.14. The van der Waals surface area contributed by atoms with Gasteiger partial charge in [-0.25, -0.2) is 0 Å². The van der Waals surface area contributed by atoms with Crippen LogP contribution < -0.4 is 10.6 Å². The third-order valence-electron chi connectivity index (χ3n) is 4.47. The van der Waals surface area contributed by atoms with Gasteiger partial charge in [0.2, 0.25) is 11.8 Å². The first-order valence-electron chi connectivity index (χ1n) is 9.33. The SMILES string of the molecule is C.C.COCc1cc(N)ccc1[N+](=O)[O-].COCc1cc(N2C(=O)CCC2=O)ccc1[N+](=O)[O-]. The molecule has 1 aliphatic heterocycles. The van der Waals surface area contributed by atoms with Gasteiger partial charge in [0.25, 0.3) is 11.4 Å². The summed E-state index contributed by atoms with van der Waals surface area (Å²) in [6, 6.07) is 8.55. The van der Waals surface area contributed by atoms with E-state index < -0.39 is 9.85 Å². The first-order chi connectivity index (χ1) is 15.2. The Morgan fingerprint density at radius 3 is 1.74 bits per heavy atom. The van der Waals surface area contributed by atoms with Crippen molar-refractivity contribution in [1.29, 1.82) is 0 Å². The largest absolute Gasteiger partial charge is 0.399 e. The summed E-state index contributed by atoms with van der Waals surface area (Å²) in [5.41, 5.74) is 7.10. The number of hydrogen-bond acceptors (Lipinski definition) is 9. The molecule has 0 saturated carbocycles. The molecule has 0 aromatic heterocycles. The van der Waals surface area contributed by atoms with E-state index in [-0.39, 0.29) is 64.1 Å². The smallest absolute Gasteiger partial charge is 0.275 e. The van der Waals surface area contributed by atoms with Crippen LogP contribution in [0, 0.1) is 20.2 Å². The first kappa shape index (κ1) is 30.1. The van der Waals surface area contributed by atoms with E-state index in [4.69, 9.17) is 15.2 Å². The van der Waals surface area contributed by atoms with Gasteiger partial charge in [-0.1, -0.05) is 14.9 Å². The van der Waals surface area contributed by atoms with Crippen LogP contribution in [0.5, 0.6) is 0 Å². The zero-order chi connectivity index (χ0) is 23.8. The Morgan fingerprint density at radius 2 is 1.29 bits per heavy atom. The highest BCUT2D eigenvalue weighted by Crippen LogP contribution is 2.29. The van der Waals surface area contributed by atoms with Crippen LogP contribution in [-0.4, -0.2) is 35.9 Å². The lowest BCUT2D eigenvalue weighted by Crippen LogP contribution is -2.28. The Kier molecular flexibility index (Phi) is 12.0. The zero-order valence-corrected chi connectivity index (χ0v) is 17.5. The number of benzene rings is 2. The molecular formula is C22H30N4O8. The summed E-state index contributed by atoms with van der Waals surface area (Å²) in [7, 11) is 2.90. The lowest BCUT2D eigenvalue weighted by atomic mass is 10.1. The van der Waals surface area contributed by atoms with E-state index >= 15 is 0 Å². The summed E-state index contributed by atoms with van der Waals surface area (Å²) < 4.78 is 9.71. The van der Waals surface area contributed by atoms with Crippen molar-refractivity contribution in [2.45, 2.75) is 40.9 Å². The Bertz CT molecular complexity index is 1030. The molecule has 0 spiro atoms. The van der Waals surface area contributed by atoms with E-state index in [1.165, 1.54) is 44.6 Å². The number of amides is 2. The maximum atomic E-state index is 11.6. The maximum absolute atomic E-state index is 11.6. The Hall–Kier alpha value is -3.90. The number of hydrogen-bond donors (Lipinski definition) is 1. The number of methoxy groups -OCH3 is 2. The van der Waals surface area contributed by atoms with Gasteiger partial charge in [0.15, 0.2) is 0 Å². The molecule has 1 fully saturated rings. The van der Waals surface area contributed by atoms with Gasteiger partial charge >= 0.3 is 0 Å². The van der Waals surface area contributed by atoms with Crippen LogP contribution in [0.3, 0.4) is 0 Å². The monoisotopic (exact) mass is 478 g/mol. The van der Waals surface area contributed by atoms with Gasteiger partial charge in [-0.05, 0) is 24.3 Å². The molecule has 186 valence electrons. The molecule has 0 atom stereocenters. The standard InChI is InChI=1S/C12H12N2O5.C8H10N2O3.2CH4/c1-19-7-8-6-9(2-3-10(8)14(17)18)13-11(15)4-5-12(13)16;1-13-5-6-4-7(9)2-3-8(6)10(11)12;;/h2-3,6H,4-5,7H2,1H3;2-4H,5,9H2,1H3;2*1H4. The van der Waals surface area contributed by atoms with Crippen molar-refractivity contribution < 1.29 is 28.9 Å². The molecular weight excluding hydrogens is 448 g/mol. The van der Waals surface area contributed by atoms with Crippen molar-refractivity contribution in [3.63, 3.8) is 0 Å². The molecule has 2 N–H and O–H groups in total. The van der Waals surface area contributed by atoms with Gasteiger partial charge in [-0.3, -0.25) is 34.7 Å². The minimum atomic E-state index is -0.522. The number of carbonyl (C=O) groups is 2. The number of imide groups is 1. The van der Waals surface area contributed by atoms with Crippen LogP contribution in [0.1, 0.15) is 38.8 Å². The minimum Gasteiger partial charge on any atom is -0.399 e. The van der Waals surface area contributed by atoms with E-state index in [1.807, 2.05) is 0 Å². The molecule has 1 saturated heterocycles. The molecule has 12 nitrogen and oxygen atoms in total. The third-order valence-corrected chi connectivity index (χ3v) is 4.47. The van der Waals surface area contributed by atoms with E-state index in [2.05, 4.69) is 0 Å². The molecule has 0 unspecified atom stereocenters. The predicted octanol–water partition coefficient (Wildman–Crippen LogP) is 3.99. The highest BCUT2D eigenvalue weighted by molar-refractivity contribution is 6.19. The van der Waals surface area contributed by atoms with Crippen molar-refractivity contribution in [2.75, 3.05) is 24.9 Å². The topological polar surface area (TPSA) is 168 Å². The first-order valence-corrected chi connectivity index (χ1v) is 9.33. The lowest BCUT2D eigenvalue weighted by molar-refractivity contribution is -0.386. The summed E-state index contributed by atoms with van der Waals surface area (Å²) in [4.78, 5) is 44.7. The Balaban J connectivity index is 0.000000644. The number of nitro groups is 2. The minimum absolute atomic E-state index is 0. The molecule has 1 aliphatic rings. The van der Waals surface area contributed by atoms with Crippen molar-refractivity contribution in [2.24, 2.45) is 0 Å². The van der Waals surface area contributed by atoms with Crippen LogP contribution >= 0.6 is 0 Å². The second kappa shape index (κ2) is 13.6. The second-order valence-electron chi connectivity index (χ2n) is 6.70. The van der Waals surface area contributed by atoms with E-state index in [0.29, 0.717) is 22.5 Å². The molecule has 0 aliphatic carbocycles. The number of carbonyl (C=O) groups excluding carboxylic acids is 2. The summed E-state index contributed by atoms with van der Waals surface area (Å²) in [5, 5.41) is 21.4. The fraction of sp³-hybridized carbons (Fsp3) is 0.364. The highest BCUT2D eigenvalue weighted by atomic mass is 16.6. The molecule has 0 radical (unpaired) electrons. The van der Waals surface area contributed by atoms with Crippen LogP contribution in [0.15, 0.2) is 36.4 Å². The number of nitrogens with zero attached hydrogens (tertiary/aromatic N) is 3. The summed E-state index contributed by atoms with van der Waals surface area (Å²) in [6.07, 6.45) is 0.352. The van der Waals surface area contributed by atoms with Crippen molar-refractivity contribution in [3.05, 3.63) is 67.8 Å². The normalized spacial score (nSPS) is 12.2. The zero-order valence-electron chi connectivity index (χ0n) is 17.5. The number of nitrogens with two attached hydrogens (primary N) is 1. The Morgan fingerprint density at radius 1 is 0.853 bits per heavy atom. The van der Waals surface area contributed by atoms with Gasteiger partial charge in [0.05, 0.1) is 39.9 Å². The summed E-state index contributed by atoms with van der Waals surface area (Å²) >= 11 is 0. The average Bonchev–Trinajstić information content (AvgIpc) is 3.06. The number of ether oxygens (including phenoxy) is 2. The fourth-order valence-electron chi connectivity index (χ4n) is 3.08. The fourth-order valence-corrected chi connectivity index (χ4v) is 3.08. The van der Waals surface area contributed by atoms with Gasteiger partial charge in [0.1, 0.15) is 0 Å². The Labute approximate surface area is 197 Å². The molecule has 34 heavy (non-hydrogen) atoms. The van der Waals surface area contributed by atoms with Crippen molar-refractivity contribution in [1.82, 2.24) is 0 Å². The van der Waals surface area contributed by atoms with Gasteiger partial charge in [-0.2, -0.15) is 0 Å². The van der Waals surface area contributed by atoms with Crippen LogP contribution in [-0.2, 0) is 32.3 Å². The molecule has 12 heteroatoms. The van der Waals surface area contributed by atoms with Crippen molar-refractivity contribution in [3.8, 4) is 0 Å². The number of nitro benzene ring substituents is 2. The highest BCUT2D eigenvalue weighted by Gasteiger charge is 2.31. The third kappa shape index (κ3) is 7.32. The average molecular weight is 479 g/mol. The summed E-state index contributed by atoms with van der Waals surface area (Å²) in [5.74, 6) is -0.579. The quantitative estimate of drug-likeness (QED) is 0.267. The molecule has 2 aromatic carbocycles. The van der Waals surface area contributed by atoms with Crippen molar-refractivity contribution >= 4 is 34.6 Å². The van der Waals surface area contributed by atoms with Crippen LogP contribution in [0.25, 0.3) is 0 Å². The molecule has 3 rings (SSSR count). The molecule has 2 aromatic rings. The van der Waals surface area contributed by atoms with Gasteiger partial charge in [0, 0.05) is 44.9 Å². The maximum Gasteiger partial charge on any atom is 0.275 e. The second-order valence-corrected chi connectivity index (χ2v) is 6.70. The van der Waals surface area contributed by atoms with E-state index in [0.717, 1.165) is 4.90 Å². The van der Waals surface area contributed by atoms with Crippen LogP contribution in [0.2, 0.25) is 0 Å².